The van der Waals surface area contributed by atoms with Crippen molar-refractivity contribution in [3.63, 3.8) is 0 Å². The Balaban J connectivity index is 1.62. The van der Waals surface area contributed by atoms with Gasteiger partial charge in [-0.1, -0.05) is 40.2 Å². The summed E-state index contributed by atoms with van der Waals surface area (Å²) in [5, 5.41) is 2.81. The third kappa shape index (κ3) is 4.02. The zero-order valence-electron chi connectivity index (χ0n) is 13.8. The van der Waals surface area contributed by atoms with E-state index in [4.69, 9.17) is 9.47 Å². The van der Waals surface area contributed by atoms with Gasteiger partial charge in [0.15, 0.2) is 0 Å². The lowest BCUT2D eigenvalue weighted by atomic mass is 9.96. The molecule has 6 heteroatoms. The molecule has 0 spiro atoms. The quantitative estimate of drug-likeness (QED) is 0.764. The highest BCUT2D eigenvalue weighted by Crippen LogP contribution is 2.47. The van der Waals surface area contributed by atoms with Gasteiger partial charge in [0.2, 0.25) is 0 Å². The van der Waals surface area contributed by atoms with Gasteiger partial charge in [0.05, 0.1) is 7.11 Å². The molecule has 1 amide bonds. The second-order valence-electron chi connectivity index (χ2n) is 6.02. The Morgan fingerprint density at radius 1 is 1.12 bits per heavy atom. The van der Waals surface area contributed by atoms with Crippen molar-refractivity contribution in [3.8, 4) is 5.75 Å². The molecule has 3 rings (SSSR count). The average molecular weight is 404 g/mol. The van der Waals surface area contributed by atoms with Crippen LogP contribution in [0, 0.1) is 0 Å². The minimum absolute atomic E-state index is 0.0262. The Hall–Kier alpha value is -2.34. The van der Waals surface area contributed by atoms with Crippen LogP contribution >= 0.6 is 15.9 Å². The number of hydrogen-bond donors (Lipinski definition) is 1. The summed E-state index contributed by atoms with van der Waals surface area (Å²) in [6, 6.07) is 14.6. The summed E-state index contributed by atoms with van der Waals surface area (Å²) < 4.78 is 11.0. The molecule has 0 radical (unpaired) electrons. The fourth-order valence-electron chi connectivity index (χ4n) is 2.73. The van der Waals surface area contributed by atoms with E-state index >= 15 is 0 Å². The topological polar surface area (TPSA) is 64.6 Å². The molecule has 1 saturated carbocycles. The van der Waals surface area contributed by atoms with Crippen molar-refractivity contribution in [2.45, 2.75) is 18.3 Å². The molecule has 1 N–H and O–H groups in total. The third-order valence-corrected chi connectivity index (χ3v) is 4.90. The van der Waals surface area contributed by atoms with Gasteiger partial charge in [0, 0.05) is 16.4 Å². The SMILES string of the molecule is COC(=O)c1ccccc1OC(=O)NCC1(c2ccc(Br)cc2)CC1. The maximum Gasteiger partial charge on any atom is 0.412 e. The first-order valence-corrected chi connectivity index (χ1v) is 8.72. The van der Waals surface area contributed by atoms with Crippen LogP contribution in [0.3, 0.4) is 0 Å². The highest BCUT2D eigenvalue weighted by atomic mass is 79.9. The number of carbonyl (C=O) groups is 2. The van der Waals surface area contributed by atoms with Gasteiger partial charge >= 0.3 is 12.1 Å². The van der Waals surface area contributed by atoms with Gasteiger partial charge in [-0.3, -0.25) is 0 Å². The van der Waals surface area contributed by atoms with Gasteiger partial charge in [0.25, 0.3) is 0 Å². The largest absolute Gasteiger partial charge is 0.465 e. The lowest BCUT2D eigenvalue weighted by molar-refractivity contribution is 0.0598. The normalized spacial score (nSPS) is 14.5. The van der Waals surface area contributed by atoms with E-state index in [1.807, 2.05) is 12.1 Å². The molecule has 5 nitrogen and oxygen atoms in total. The van der Waals surface area contributed by atoms with Gasteiger partial charge in [-0.2, -0.15) is 0 Å². The molecule has 130 valence electrons. The average Bonchev–Trinajstić information content (AvgIpc) is 3.41. The molecule has 1 fully saturated rings. The van der Waals surface area contributed by atoms with Gasteiger partial charge < -0.3 is 14.8 Å². The van der Waals surface area contributed by atoms with Crippen molar-refractivity contribution in [3.05, 3.63) is 64.1 Å². The highest BCUT2D eigenvalue weighted by Gasteiger charge is 2.44. The van der Waals surface area contributed by atoms with Crippen molar-refractivity contribution in [2.75, 3.05) is 13.7 Å². The molecule has 2 aromatic carbocycles. The van der Waals surface area contributed by atoms with Gasteiger partial charge in [-0.15, -0.1) is 0 Å². The lowest BCUT2D eigenvalue weighted by Gasteiger charge is -2.17. The highest BCUT2D eigenvalue weighted by molar-refractivity contribution is 9.10. The number of carbonyl (C=O) groups excluding carboxylic acids is 2. The molecule has 2 aromatic rings. The van der Waals surface area contributed by atoms with E-state index in [1.165, 1.54) is 12.7 Å². The van der Waals surface area contributed by atoms with Crippen LogP contribution in [0.4, 0.5) is 4.79 Å². The van der Waals surface area contributed by atoms with Gasteiger partial charge in [0.1, 0.15) is 11.3 Å². The summed E-state index contributed by atoms with van der Waals surface area (Å²) in [5.41, 5.74) is 1.39. The molecule has 1 aliphatic carbocycles. The first-order valence-electron chi connectivity index (χ1n) is 7.93. The minimum atomic E-state index is -0.584. The Morgan fingerprint density at radius 3 is 2.44 bits per heavy atom. The number of hydrogen-bond acceptors (Lipinski definition) is 4. The molecule has 0 aliphatic heterocycles. The van der Waals surface area contributed by atoms with Crippen LogP contribution in [0.15, 0.2) is 53.0 Å². The number of methoxy groups -OCH3 is 1. The first kappa shape index (κ1) is 17.5. The van der Waals surface area contributed by atoms with Crippen LogP contribution in [0.5, 0.6) is 5.75 Å². The molecular weight excluding hydrogens is 386 g/mol. The fourth-order valence-corrected chi connectivity index (χ4v) is 3.00. The van der Waals surface area contributed by atoms with E-state index in [0.29, 0.717) is 6.54 Å². The second kappa shape index (κ2) is 7.27. The van der Waals surface area contributed by atoms with E-state index in [-0.39, 0.29) is 16.7 Å². The number of esters is 1. The third-order valence-electron chi connectivity index (χ3n) is 4.38. The van der Waals surface area contributed by atoms with Crippen molar-refractivity contribution in [1.82, 2.24) is 5.32 Å². The molecular formula is C19H18BrNO4. The predicted octanol–water partition coefficient (Wildman–Crippen LogP) is 4.06. The predicted molar refractivity (Wildman–Crippen MR) is 96.9 cm³/mol. The molecule has 0 atom stereocenters. The maximum absolute atomic E-state index is 12.1. The molecule has 0 saturated heterocycles. The number of nitrogens with one attached hydrogen (secondary N) is 1. The molecule has 0 aromatic heterocycles. The number of benzene rings is 2. The molecule has 0 heterocycles. The zero-order chi connectivity index (χ0) is 17.9. The van der Waals surface area contributed by atoms with Crippen LogP contribution in [0.25, 0.3) is 0 Å². The summed E-state index contributed by atoms with van der Waals surface area (Å²) in [6.45, 7) is 0.494. The van der Waals surface area contributed by atoms with E-state index in [9.17, 15) is 9.59 Å². The van der Waals surface area contributed by atoms with Crippen molar-refractivity contribution >= 4 is 28.0 Å². The van der Waals surface area contributed by atoms with E-state index in [0.717, 1.165) is 17.3 Å². The van der Waals surface area contributed by atoms with Crippen molar-refractivity contribution < 1.29 is 19.1 Å². The number of amides is 1. The Morgan fingerprint density at radius 2 is 1.80 bits per heavy atom. The summed E-state index contributed by atoms with van der Waals surface area (Å²) in [4.78, 5) is 23.9. The number of rotatable bonds is 5. The monoisotopic (exact) mass is 403 g/mol. The summed E-state index contributed by atoms with van der Waals surface area (Å²) in [6.07, 6.45) is 1.46. The standard InChI is InChI=1S/C19H18BrNO4/c1-24-17(22)15-4-2-3-5-16(15)25-18(23)21-12-19(10-11-19)13-6-8-14(20)9-7-13/h2-9H,10-12H2,1H3,(H,21,23). The van der Waals surface area contributed by atoms with Crippen LogP contribution in [-0.2, 0) is 10.2 Å². The maximum atomic E-state index is 12.1. The summed E-state index contributed by atoms with van der Waals surface area (Å²) >= 11 is 3.43. The van der Waals surface area contributed by atoms with Crippen LogP contribution in [-0.4, -0.2) is 25.7 Å². The Bertz CT molecular complexity index is 784. The Labute approximate surface area is 154 Å². The molecule has 0 bridgehead atoms. The van der Waals surface area contributed by atoms with Crippen LogP contribution in [0.1, 0.15) is 28.8 Å². The number of para-hydroxylation sites is 1. The zero-order valence-corrected chi connectivity index (χ0v) is 15.3. The number of halogens is 1. The minimum Gasteiger partial charge on any atom is -0.465 e. The first-order chi connectivity index (χ1) is 12.0. The fraction of sp³-hybridized carbons (Fsp3) is 0.263. The Kier molecular flexibility index (Phi) is 5.08. The molecule has 25 heavy (non-hydrogen) atoms. The smallest absolute Gasteiger partial charge is 0.412 e. The lowest BCUT2D eigenvalue weighted by Crippen LogP contribution is -2.34. The van der Waals surface area contributed by atoms with Gasteiger partial charge in [-0.05, 0) is 42.7 Å². The molecule has 1 aliphatic rings. The summed E-state index contributed by atoms with van der Waals surface area (Å²) in [5.74, 6) is -0.364. The number of ether oxygens (including phenoxy) is 2. The van der Waals surface area contributed by atoms with E-state index in [2.05, 4.69) is 33.4 Å². The van der Waals surface area contributed by atoms with Crippen molar-refractivity contribution in [1.29, 1.82) is 0 Å². The van der Waals surface area contributed by atoms with Gasteiger partial charge in [-0.25, -0.2) is 9.59 Å². The van der Waals surface area contributed by atoms with E-state index in [1.54, 1.807) is 24.3 Å². The second-order valence-corrected chi connectivity index (χ2v) is 6.93. The van der Waals surface area contributed by atoms with Crippen LogP contribution < -0.4 is 10.1 Å². The molecule has 0 unspecified atom stereocenters. The van der Waals surface area contributed by atoms with Crippen LogP contribution in [0.2, 0.25) is 0 Å². The van der Waals surface area contributed by atoms with Crippen molar-refractivity contribution in [2.24, 2.45) is 0 Å². The summed E-state index contributed by atoms with van der Waals surface area (Å²) in [7, 11) is 1.29. The van der Waals surface area contributed by atoms with E-state index < -0.39 is 12.1 Å².